The van der Waals surface area contributed by atoms with Crippen LogP contribution in [0.5, 0.6) is 5.75 Å². The monoisotopic (exact) mass is 328 g/mol. The van der Waals surface area contributed by atoms with Gasteiger partial charge in [0.15, 0.2) is 0 Å². The molecule has 0 saturated carbocycles. The van der Waals surface area contributed by atoms with Crippen molar-refractivity contribution >= 4 is 11.8 Å². The fourth-order valence-corrected chi connectivity index (χ4v) is 2.70. The van der Waals surface area contributed by atoms with Gasteiger partial charge in [-0.2, -0.15) is 4.98 Å². The number of morpholine rings is 1. The summed E-state index contributed by atoms with van der Waals surface area (Å²) < 4.78 is 10.6. The number of aryl methyl sites for hydroxylation is 1. The van der Waals surface area contributed by atoms with Gasteiger partial charge in [-0.15, -0.1) is 0 Å². The molecule has 1 aliphatic heterocycles. The molecule has 1 saturated heterocycles. The van der Waals surface area contributed by atoms with Crippen LogP contribution in [0.1, 0.15) is 11.3 Å². The molecule has 24 heavy (non-hydrogen) atoms. The zero-order chi connectivity index (χ0) is 16.8. The first kappa shape index (κ1) is 16.5. The van der Waals surface area contributed by atoms with Crippen molar-refractivity contribution in [3.05, 3.63) is 41.6 Å². The number of hydrogen-bond donors (Lipinski definition) is 1. The second kappa shape index (κ2) is 7.97. The van der Waals surface area contributed by atoms with Crippen LogP contribution in [0, 0.1) is 6.92 Å². The molecule has 0 unspecified atom stereocenters. The molecular formula is C18H24N4O2. The summed E-state index contributed by atoms with van der Waals surface area (Å²) in [6, 6.07) is 10.2. The Bertz CT molecular complexity index is 655. The third-order valence-corrected chi connectivity index (χ3v) is 4.03. The number of nitrogens with zero attached hydrogens (tertiary/aromatic N) is 3. The molecule has 1 N–H and O–H groups in total. The van der Waals surface area contributed by atoms with Crippen molar-refractivity contribution in [3.63, 3.8) is 0 Å². The van der Waals surface area contributed by atoms with Gasteiger partial charge in [0.25, 0.3) is 0 Å². The fraction of sp³-hybridized carbons (Fsp3) is 0.444. The van der Waals surface area contributed by atoms with Crippen LogP contribution in [0.15, 0.2) is 30.3 Å². The minimum atomic E-state index is 0.685. The predicted molar refractivity (Wildman–Crippen MR) is 95.0 cm³/mol. The lowest BCUT2D eigenvalue weighted by Gasteiger charge is -2.28. The summed E-state index contributed by atoms with van der Waals surface area (Å²) in [5, 5.41) is 3.33. The zero-order valence-electron chi connectivity index (χ0n) is 14.3. The summed E-state index contributed by atoms with van der Waals surface area (Å²) >= 11 is 0. The largest absolute Gasteiger partial charge is 0.497 e. The molecule has 3 rings (SSSR count). The molecule has 1 fully saturated rings. The lowest BCUT2D eigenvalue weighted by atomic mass is 10.1. The Balaban J connectivity index is 1.58. The maximum absolute atomic E-state index is 5.40. The van der Waals surface area contributed by atoms with Crippen LogP contribution in [0.25, 0.3) is 0 Å². The predicted octanol–water partition coefficient (Wildman–Crippen LogP) is 2.28. The highest BCUT2D eigenvalue weighted by atomic mass is 16.5. The smallest absolute Gasteiger partial charge is 0.224 e. The Hall–Kier alpha value is -2.34. The quantitative estimate of drug-likeness (QED) is 0.878. The topological polar surface area (TPSA) is 59.5 Å². The van der Waals surface area contributed by atoms with E-state index in [1.807, 2.05) is 25.1 Å². The minimum Gasteiger partial charge on any atom is -0.497 e. The van der Waals surface area contributed by atoms with Crippen molar-refractivity contribution in [1.82, 2.24) is 9.97 Å². The molecule has 0 atom stereocenters. The molecule has 6 nitrogen and oxygen atoms in total. The highest BCUT2D eigenvalue weighted by Gasteiger charge is 2.14. The van der Waals surface area contributed by atoms with Gasteiger partial charge in [0.05, 0.1) is 20.3 Å². The number of ether oxygens (including phenoxy) is 2. The Kier molecular flexibility index (Phi) is 5.48. The minimum absolute atomic E-state index is 0.685. The van der Waals surface area contributed by atoms with Crippen LogP contribution in [-0.4, -0.2) is 49.9 Å². The molecule has 0 radical (unpaired) electrons. The van der Waals surface area contributed by atoms with E-state index in [9.17, 15) is 0 Å². The van der Waals surface area contributed by atoms with Crippen LogP contribution >= 0.6 is 0 Å². The number of benzene rings is 1. The first-order valence-corrected chi connectivity index (χ1v) is 8.30. The van der Waals surface area contributed by atoms with E-state index in [1.54, 1.807) is 7.11 Å². The molecule has 0 spiro atoms. The van der Waals surface area contributed by atoms with Crippen molar-refractivity contribution in [2.45, 2.75) is 13.3 Å². The van der Waals surface area contributed by atoms with E-state index < -0.39 is 0 Å². The molecule has 128 valence electrons. The average Bonchev–Trinajstić information content (AvgIpc) is 2.63. The standard InChI is InChI=1S/C18H24N4O2/c1-14-13-17(22-9-11-24-12-10-22)21-18(20-14)19-8-7-15-3-5-16(23-2)6-4-15/h3-6,13H,7-12H2,1-2H3,(H,19,20,21). The van der Waals surface area contributed by atoms with Crippen molar-refractivity contribution < 1.29 is 9.47 Å². The van der Waals surface area contributed by atoms with E-state index in [0.29, 0.717) is 5.95 Å². The summed E-state index contributed by atoms with van der Waals surface area (Å²) in [5.74, 6) is 2.53. The van der Waals surface area contributed by atoms with E-state index in [0.717, 1.165) is 56.5 Å². The number of rotatable bonds is 6. The molecule has 2 heterocycles. The van der Waals surface area contributed by atoms with Crippen molar-refractivity contribution in [3.8, 4) is 5.75 Å². The molecule has 0 amide bonds. The van der Waals surface area contributed by atoms with Gasteiger partial charge in [-0.25, -0.2) is 4.98 Å². The van der Waals surface area contributed by atoms with Crippen molar-refractivity contribution in [2.24, 2.45) is 0 Å². The molecule has 0 aliphatic carbocycles. The Labute approximate surface area is 142 Å². The van der Waals surface area contributed by atoms with Gasteiger partial charge >= 0.3 is 0 Å². The summed E-state index contributed by atoms with van der Waals surface area (Å²) in [4.78, 5) is 11.4. The maximum Gasteiger partial charge on any atom is 0.224 e. The highest BCUT2D eigenvalue weighted by molar-refractivity contribution is 5.45. The normalized spacial score (nSPS) is 14.5. The van der Waals surface area contributed by atoms with Gasteiger partial charge < -0.3 is 19.7 Å². The first-order chi connectivity index (χ1) is 11.7. The van der Waals surface area contributed by atoms with Crippen molar-refractivity contribution in [1.29, 1.82) is 0 Å². The van der Waals surface area contributed by atoms with Crippen molar-refractivity contribution in [2.75, 3.05) is 50.2 Å². The van der Waals surface area contributed by atoms with Gasteiger partial charge in [-0.3, -0.25) is 0 Å². The average molecular weight is 328 g/mol. The zero-order valence-corrected chi connectivity index (χ0v) is 14.3. The molecule has 2 aromatic rings. The Morgan fingerprint density at radius 2 is 1.92 bits per heavy atom. The van der Waals surface area contributed by atoms with E-state index in [4.69, 9.17) is 9.47 Å². The summed E-state index contributed by atoms with van der Waals surface area (Å²) in [5.41, 5.74) is 2.22. The SMILES string of the molecule is COc1ccc(CCNc2nc(C)cc(N3CCOCC3)n2)cc1. The van der Waals surface area contributed by atoms with Gasteiger partial charge in [0.1, 0.15) is 11.6 Å². The summed E-state index contributed by atoms with van der Waals surface area (Å²) in [6.07, 6.45) is 0.911. The second-order valence-corrected chi connectivity index (χ2v) is 5.82. The molecule has 1 aliphatic rings. The first-order valence-electron chi connectivity index (χ1n) is 8.30. The lowest BCUT2D eigenvalue weighted by Crippen LogP contribution is -2.37. The third kappa shape index (κ3) is 4.35. The summed E-state index contributed by atoms with van der Waals surface area (Å²) in [6.45, 7) is 6.05. The molecule has 1 aromatic carbocycles. The van der Waals surface area contributed by atoms with E-state index in [2.05, 4.69) is 32.3 Å². The molecule has 6 heteroatoms. The number of methoxy groups -OCH3 is 1. The number of nitrogens with one attached hydrogen (secondary N) is 1. The van der Waals surface area contributed by atoms with Crippen LogP contribution in [0.2, 0.25) is 0 Å². The van der Waals surface area contributed by atoms with Crippen LogP contribution in [0.3, 0.4) is 0 Å². The number of hydrogen-bond acceptors (Lipinski definition) is 6. The van der Waals surface area contributed by atoms with Crippen LogP contribution < -0.4 is 15.0 Å². The molecule has 1 aromatic heterocycles. The fourth-order valence-electron chi connectivity index (χ4n) is 2.70. The van der Waals surface area contributed by atoms with E-state index >= 15 is 0 Å². The number of aromatic nitrogens is 2. The van der Waals surface area contributed by atoms with Crippen LogP contribution in [-0.2, 0) is 11.2 Å². The highest BCUT2D eigenvalue weighted by Crippen LogP contribution is 2.16. The molecule has 0 bridgehead atoms. The lowest BCUT2D eigenvalue weighted by molar-refractivity contribution is 0.122. The van der Waals surface area contributed by atoms with Gasteiger partial charge in [-0.1, -0.05) is 12.1 Å². The van der Waals surface area contributed by atoms with E-state index in [-0.39, 0.29) is 0 Å². The van der Waals surface area contributed by atoms with Crippen LogP contribution in [0.4, 0.5) is 11.8 Å². The number of anilines is 2. The van der Waals surface area contributed by atoms with Gasteiger partial charge in [0, 0.05) is 31.4 Å². The Morgan fingerprint density at radius 3 is 2.62 bits per heavy atom. The second-order valence-electron chi connectivity index (χ2n) is 5.82. The van der Waals surface area contributed by atoms with Gasteiger partial charge in [-0.05, 0) is 31.0 Å². The Morgan fingerprint density at radius 1 is 1.17 bits per heavy atom. The van der Waals surface area contributed by atoms with E-state index in [1.165, 1.54) is 5.56 Å². The summed E-state index contributed by atoms with van der Waals surface area (Å²) in [7, 11) is 1.68. The third-order valence-electron chi connectivity index (χ3n) is 4.03. The molecular weight excluding hydrogens is 304 g/mol. The maximum atomic E-state index is 5.40. The van der Waals surface area contributed by atoms with Gasteiger partial charge in [0.2, 0.25) is 5.95 Å².